The molecule has 1 aliphatic heterocycles. The molecular formula is C19H21NO4S. The Morgan fingerprint density at radius 2 is 2.04 bits per heavy atom. The van der Waals surface area contributed by atoms with Gasteiger partial charge in [-0.05, 0) is 30.0 Å². The molecule has 0 fully saturated rings. The monoisotopic (exact) mass is 359 g/mol. The van der Waals surface area contributed by atoms with Crippen molar-refractivity contribution in [3.63, 3.8) is 0 Å². The minimum Gasteiger partial charge on any atom is -0.497 e. The van der Waals surface area contributed by atoms with Gasteiger partial charge < -0.3 is 15.2 Å². The largest absolute Gasteiger partial charge is 0.497 e. The second-order valence-corrected chi connectivity index (χ2v) is 7.71. The minimum atomic E-state index is -0.970. The van der Waals surface area contributed by atoms with Crippen LogP contribution in [0.1, 0.15) is 47.2 Å². The van der Waals surface area contributed by atoms with Gasteiger partial charge in [0.05, 0.1) is 12.8 Å². The lowest BCUT2D eigenvalue weighted by Gasteiger charge is -2.24. The number of thiophene rings is 1. The van der Waals surface area contributed by atoms with Crippen molar-refractivity contribution in [1.82, 2.24) is 0 Å². The highest BCUT2D eigenvalue weighted by atomic mass is 32.1. The number of rotatable bonds is 5. The molecule has 1 aromatic carbocycles. The van der Waals surface area contributed by atoms with E-state index >= 15 is 0 Å². The van der Waals surface area contributed by atoms with Crippen LogP contribution < -0.4 is 10.1 Å². The van der Waals surface area contributed by atoms with Crippen molar-refractivity contribution < 1.29 is 19.4 Å². The summed E-state index contributed by atoms with van der Waals surface area (Å²) in [5.41, 5.74) is 2.02. The fourth-order valence-corrected chi connectivity index (χ4v) is 4.54. The van der Waals surface area contributed by atoms with Gasteiger partial charge in [0.2, 0.25) is 5.91 Å². The van der Waals surface area contributed by atoms with Crippen LogP contribution in [0.25, 0.3) is 11.1 Å². The Morgan fingerprint density at radius 3 is 2.60 bits per heavy atom. The van der Waals surface area contributed by atoms with Crippen LogP contribution in [0.5, 0.6) is 5.75 Å². The summed E-state index contributed by atoms with van der Waals surface area (Å²) in [6, 6.07) is 7.24. The highest BCUT2D eigenvalue weighted by Gasteiger charge is 2.33. The first kappa shape index (κ1) is 17.5. The van der Waals surface area contributed by atoms with E-state index in [0.717, 1.165) is 16.9 Å². The number of fused-ring (bicyclic) bond motifs is 1. The summed E-state index contributed by atoms with van der Waals surface area (Å²) in [5.74, 6) is 0.180. The average Bonchev–Trinajstić information content (AvgIpc) is 2.94. The minimum absolute atomic E-state index is 0.0531. The van der Waals surface area contributed by atoms with E-state index in [9.17, 15) is 14.7 Å². The van der Waals surface area contributed by atoms with E-state index in [4.69, 9.17) is 4.74 Å². The average molecular weight is 359 g/mol. The lowest BCUT2D eigenvalue weighted by molar-refractivity contribution is -0.116. The highest BCUT2D eigenvalue weighted by molar-refractivity contribution is 7.15. The smallest absolute Gasteiger partial charge is 0.346 e. The summed E-state index contributed by atoms with van der Waals surface area (Å²) in [4.78, 5) is 25.3. The van der Waals surface area contributed by atoms with Gasteiger partial charge >= 0.3 is 5.97 Å². The van der Waals surface area contributed by atoms with E-state index in [1.54, 1.807) is 19.2 Å². The third-order valence-electron chi connectivity index (χ3n) is 4.33. The summed E-state index contributed by atoms with van der Waals surface area (Å²) < 4.78 is 5.17. The first-order chi connectivity index (χ1) is 11.9. The number of anilines is 1. The molecule has 0 unspecified atom stereocenters. The quantitative estimate of drug-likeness (QED) is 0.818. The number of amides is 1. The standard InChI is InChI=1S/C19H21NO4S/c1-10(2)8-12-9-14(21)20-16-15(18(19(22)23)25-17(12)16)11-4-6-13(24-3)7-5-11/h4-7,10,12H,8-9H2,1-3H3,(H,20,21)(H,22,23)/t12-/m0/s1. The molecule has 6 heteroatoms. The predicted molar refractivity (Wildman–Crippen MR) is 98.7 cm³/mol. The Morgan fingerprint density at radius 1 is 1.36 bits per heavy atom. The van der Waals surface area contributed by atoms with Crippen LogP contribution in [0.4, 0.5) is 5.69 Å². The molecule has 0 saturated carbocycles. The number of ether oxygens (including phenoxy) is 1. The fraction of sp³-hybridized carbons (Fsp3) is 0.368. The van der Waals surface area contributed by atoms with Crippen molar-refractivity contribution in [2.24, 2.45) is 5.92 Å². The molecule has 2 heterocycles. The predicted octanol–water partition coefficient (Wildman–Crippen LogP) is 4.59. The summed E-state index contributed by atoms with van der Waals surface area (Å²) >= 11 is 1.28. The van der Waals surface area contributed by atoms with Crippen molar-refractivity contribution >= 4 is 28.9 Å². The molecule has 1 amide bonds. The topological polar surface area (TPSA) is 75.6 Å². The number of hydrogen-bond acceptors (Lipinski definition) is 4. The molecule has 1 aliphatic rings. The van der Waals surface area contributed by atoms with Gasteiger partial charge in [0, 0.05) is 22.8 Å². The zero-order valence-corrected chi connectivity index (χ0v) is 15.3. The Balaban J connectivity index is 2.15. The number of carboxylic acid groups (broad SMARTS) is 1. The van der Waals surface area contributed by atoms with Gasteiger partial charge in [0.1, 0.15) is 10.6 Å². The first-order valence-electron chi connectivity index (χ1n) is 8.25. The molecule has 132 valence electrons. The van der Waals surface area contributed by atoms with Crippen LogP contribution in [0.3, 0.4) is 0 Å². The van der Waals surface area contributed by atoms with E-state index in [1.165, 1.54) is 11.3 Å². The van der Waals surface area contributed by atoms with Gasteiger partial charge in [-0.1, -0.05) is 26.0 Å². The number of nitrogens with one attached hydrogen (secondary N) is 1. The van der Waals surface area contributed by atoms with Gasteiger partial charge in [0.25, 0.3) is 0 Å². The number of carboxylic acids is 1. The Labute approximate surface area is 150 Å². The second-order valence-electron chi connectivity index (χ2n) is 6.66. The molecular weight excluding hydrogens is 338 g/mol. The van der Waals surface area contributed by atoms with Crippen LogP contribution in [-0.2, 0) is 4.79 Å². The third kappa shape index (κ3) is 3.39. The molecule has 1 aromatic heterocycles. The van der Waals surface area contributed by atoms with Crippen molar-refractivity contribution in [1.29, 1.82) is 0 Å². The maximum absolute atomic E-state index is 12.2. The molecule has 0 bridgehead atoms. The number of hydrogen-bond donors (Lipinski definition) is 2. The molecule has 3 rings (SSSR count). The van der Waals surface area contributed by atoms with Crippen molar-refractivity contribution in [2.45, 2.75) is 32.6 Å². The SMILES string of the molecule is COc1ccc(-c2c(C(=O)O)sc3c2NC(=O)C[C@@H]3CC(C)C)cc1. The lowest BCUT2D eigenvalue weighted by atomic mass is 9.88. The third-order valence-corrected chi connectivity index (χ3v) is 5.67. The fourth-order valence-electron chi connectivity index (χ4n) is 3.31. The number of methoxy groups -OCH3 is 1. The van der Waals surface area contributed by atoms with E-state index in [-0.39, 0.29) is 16.7 Å². The summed E-state index contributed by atoms with van der Waals surface area (Å²) in [6.45, 7) is 4.23. The zero-order chi connectivity index (χ0) is 18.1. The van der Waals surface area contributed by atoms with Gasteiger partial charge in [-0.3, -0.25) is 4.79 Å². The molecule has 0 aliphatic carbocycles. The Bertz CT molecular complexity index is 808. The number of carbonyl (C=O) groups is 2. The van der Waals surface area contributed by atoms with Crippen LogP contribution in [0.2, 0.25) is 0 Å². The number of benzene rings is 1. The highest BCUT2D eigenvalue weighted by Crippen LogP contribution is 2.49. The van der Waals surface area contributed by atoms with Gasteiger partial charge in [-0.2, -0.15) is 0 Å². The Hall–Kier alpha value is -2.34. The van der Waals surface area contributed by atoms with Gasteiger partial charge in [-0.25, -0.2) is 4.79 Å². The van der Waals surface area contributed by atoms with Gasteiger partial charge in [0.15, 0.2) is 0 Å². The summed E-state index contributed by atoms with van der Waals surface area (Å²) in [5, 5.41) is 12.6. The van der Waals surface area contributed by atoms with Crippen LogP contribution in [0.15, 0.2) is 24.3 Å². The zero-order valence-electron chi connectivity index (χ0n) is 14.5. The second kappa shape index (κ2) is 6.88. The first-order valence-corrected chi connectivity index (χ1v) is 9.06. The molecule has 5 nitrogen and oxygen atoms in total. The summed E-state index contributed by atoms with van der Waals surface area (Å²) in [6.07, 6.45) is 1.27. The van der Waals surface area contributed by atoms with Crippen LogP contribution in [-0.4, -0.2) is 24.1 Å². The van der Waals surface area contributed by atoms with E-state index in [2.05, 4.69) is 19.2 Å². The maximum atomic E-state index is 12.2. The Kier molecular flexibility index (Phi) is 4.81. The van der Waals surface area contributed by atoms with Crippen molar-refractivity contribution in [3.8, 4) is 16.9 Å². The molecule has 1 atom stereocenters. The number of carbonyl (C=O) groups excluding carboxylic acids is 1. The molecule has 2 N–H and O–H groups in total. The molecule has 25 heavy (non-hydrogen) atoms. The van der Waals surface area contributed by atoms with Crippen molar-refractivity contribution in [2.75, 3.05) is 12.4 Å². The lowest BCUT2D eigenvalue weighted by Crippen LogP contribution is -2.22. The molecule has 0 saturated heterocycles. The summed E-state index contributed by atoms with van der Waals surface area (Å²) in [7, 11) is 1.58. The molecule has 2 aromatic rings. The normalized spacial score (nSPS) is 16.5. The van der Waals surface area contributed by atoms with E-state index < -0.39 is 5.97 Å². The van der Waals surface area contributed by atoms with E-state index in [0.29, 0.717) is 29.3 Å². The number of aromatic carboxylic acids is 1. The molecule has 0 spiro atoms. The maximum Gasteiger partial charge on any atom is 0.346 e. The van der Waals surface area contributed by atoms with Crippen LogP contribution in [0, 0.1) is 5.92 Å². The van der Waals surface area contributed by atoms with E-state index in [1.807, 2.05) is 12.1 Å². The molecule has 0 radical (unpaired) electrons. The van der Waals surface area contributed by atoms with Crippen molar-refractivity contribution in [3.05, 3.63) is 34.0 Å². The van der Waals surface area contributed by atoms with Gasteiger partial charge in [-0.15, -0.1) is 11.3 Å². The van der Waals surface area contributed by atoms with Crippen LogP contribution >= 0.6 is 11.3 Å².